The van der Waals surface area contributed by atoms with Gasteiger partial charge in [0.25, 0.3) is 5.91 Å². The van der Waals surface area contributed by atoms with Crippen molar-refractivity contribution in [2.24, 2.45) is 5.92 Å². The molecule has 94 valence electrons. The Balaban J connectivity index is 2.62. The van der Waals surface area contributed by atoms with Gasteiger partial charge in [0.1, 0.15) is 5.69 Å². The van der Waals surface area contributed by atoms with Gasteiger partial charge in [-0.2, -0.15) is 0 Å². The second-order valence-corrected chi connectivity index (χ2v) is 5.09. The first-order chi connectivity index (χ1) is 7.95. The van der Waals surface area contributed by atoms with Gasteiger partial charge in [0.15, 0.2) is 0 Å². The fraction of sp³-hybridized carbons (Fsp3) is 0.455. The number of aromatic nitrogens is 1. The molecule has 0 aliphatic rings. The second-order valence-electron chi connectivity index (χ2n) is 3.84. The molecular formula is C11H15IN2O3. The van der Waals surface area contributed by atoms with Crippen molar-refractivity contribution in [2.75, 3.05) is 20.7 Å². The van der Waals surface area contributed by atoms with Gasteiger partial charge in [-0.25, -0.2) is 0 Å². The number of carbonyl (C=O) groups is 2. The molecule has 1 aromatic rings. The number of rotatable bonds is 4. The number of aromatic amines is 1. The minimum atomic E-state index is -0.331. The first-order valence-corrected chi connectivity index (χ1v) is 6.20. The monoisotopic (exact) mass is 350 g/mol. The molecule has 1 amide bonds. The maximum atomic E-state index is 11.9. The average molecular weight is 350 g/mol. The third-order valence-corrected chi connectivity index (χ3v) is 3.00. The Morgan fingerprint density at radius 1 is 1.59 bits per heavy atom. The van der Waals surface area contributed by atoms with Crippen LogP contribution in [0.5, 0.6) is 0 Å². The van der Waals surface area contributed by atoms with E-state index in [0.29, 0.717) is 12.2 Å². The highest BCUT2D eigenvalue weighted by molar-refractivity contribution is 14.1. The second kappa shape index (κ2) is 6.04. The number of hydrogen-bond acceptors (Lipinski definition) is 3. The smallest absolute Gasteiger partial charge is 0.310 e. The average Bonchev–Trinajstić information content (AvgIpc) is 2.73. The van der Waals surface area contributed by atoms with E-state index in [4.69, 9.17) is 0 Å². The Morgan fingerprint density at radius 2 is 2.24 bits per heavy atom. The van der Waals surface area contributed by atoms with E-state index in [0.717, 1.165) is 3.57 Å². The Morgan fingerprint density at radius 3 is 2.71 bits per heavy atom. The van der Waals surface area contributed by atoms with Crippen molar-refractivity contribution in [3.05, 3.63) is 21.5 Å². The van der Waals surface area contributed by atoms with Gasteiger partial charge in [-0.05, 0) is 28.7 Å². The Kier molecular flexibility index (Phi) is 4.98. The summed E-state index contributed by atoms with van der Waals surface area (Å²) in [5.74, 6) is -0.780. The highest BCUT2D eigenvalue weighted by atomic mass is 127. The zero-order valence-electron chi connectivity index (χ0n) is 9.99. The molecule has 1 heterocycles. The lowest BCUT2D eigenvalue weighted by Crippen LogP contribution is -2.34. The summed E-state index contributed by atoms with van der Waals surface area (Å²) in [4.78, 5) is 27.6. The minimum Gasteiger partial charge on any atom is -0.469 e. The number of amides is 1. The van der Waals surface area contributed by atoms with Crippen LogP contribution in [0, 0.1) is 9.49 Å². The normalized spacial score (nSPS) is 12.0. The number of carbonyl (C=O) groups excluding carboxylic acids is 2. The molecule has 1 rings (SSSR count). The summed E-state index contributed by atoms with van der Waals surface area (Å²) in [5.41, 5.74) is 0.522. The van der Waals surface area contributed by atoms with Gasteiger partial charge >= 0.3 is 5.97 Å². The summed E-state index contributed by atoms with van der Waals surface area (Å²) >= 11 is 2.12. The fourth-order valence-electron chi connectivity index (χ4n) is 1.47. The highest BCUT2D eigenvalue weighted by Crippen LogP contribution is 2.09. The number of halogens is 1. The van der Waals surface area contributed by atoms with E-state index >= 15 is 0 Å². The van der Waals surface area contributed by atoms with E-state index in [1.165, 1.54) is 12.0 Å². The number of methoxy groups -OCH3 is 1. The molecule has 1 atom stereocenters. The Labute approximate surface area is 114 Å². The fourth-order valence-corrected chi connectivity index (χ4v) is 1.93. The van der Waals surface area contributed by atoms with Crippen LogP contribution in [0.1, 0.15) is 17.4 Å². The van der Waals surface area contributed by atoms with Crippen LogP contribution < -0.4 is 0 Å². The van der Waals surface area contributed by atoms with Crippen molar-refractivity contribution in [3.63, 3.8) is 0 Å². The van der Waals surface area contributed by atoms with Crippen LogP contribution >= 0.6 is 22.6 Å². The van der Waals surface area contributed by atoms with Gasteiger partial charge in [0.05, 0.1) is 13.0 Å². The first-order valence-electron chi connectivity index (χ1n) is 5.13. The van der Waals surface area contributed by atoms with Gasteiger partial charge < -0.3 is 14.6 Å². The molecule has 5 nitrogen and oxygen atoms in total. The third-order valence-electron chi connectivity index (χ3n) is 2.38. The number of nitrogens with one attached hydrogen (secondary N) is 1. The third kappa shape index (κ3) is 3.72. The minimum absolute atomic E-state index is 0.135. The topological polar surface area (TPSA) is 62.4 Å². The van der Waals surface area contributed by atoms with Crippen molar-refractivity contribution in [3.8, 4) is 0 Å². The SMILES string of the molecule is COC(=O)[C@H](C)CN(C)C(=O)c1cc(I)c[nH]1. The maximum Gasteiger partial charge on any atom is 0.310 e. The lowest BCUT2D eigenvalue weighted by molar-refractivity contribution is -0.145. The Hall–Kier alpha value is -1.05. The summed E-state index contributed by atoms with van der Waals surface area (Å²) in [6.07, 6.45) is 1.76. The number of hydrogen-bond donors (Lipinski definition) is 1. The zero-order chi connectivity index (χ0) is 13.0. The molecule has 1 N–H and O–H groups in total. The van der Waals surface area contributed by atoms with Crippen molar-refractivity contribution in [1.82, 2.24) is 9.88 Å². The summed E-state index contributed by atoms with van der Waals surface area (Å²) in [6.45, 7) is 2.06. The summed E-state index contributed by atoms with van der Waals surface area (Å²) < 4.78 is 5.59. The van der Waals surface area contributed by atoms with Crippen molar-refractivity contribution in [2.45, 2.75) is 6.92 Å². The molecule has 1 aromatic heterocycles. The molecule has 0 spiro atoms. The first kappa shape index (κ1) is 14.0. The van der Waals surface area contributed by atoms with Crippen LogP contribution in [0.25, 0.3) is 0 Å². The summed E-state index contributed by atoms with van der Waals surface area (Å²) in [5, 5.41) is 0. The van der Waals surface area contributed by atoms with Crippen LogP contribution in [-0.4, -0.2) is 42.5 Å². The molecule has 0 aliphatic heterocycles. The predicted molar refractivity (Wildman–Crippen MR) is 71.7 cm³/mol. The molecule has 0 aliphatic carbocycles. The molecule has 0 saturated heterocycles. The van der Waals surface area contributed by atoms with Crippen molar-refractivity contribution < 1.29 is 14.3 Å². The largest absolute Gasteiger partial charge is 0.469 e. The quantitative estimate of drug-likeness (QED) is 0.661. The summed E-state index contributed by atoms with van der Waals surface area (Å²) in [6, 6.07) is 1.77. The van der Waals surface area contributed by atoms with Crippen LogP contribution in [-0.2, 0) is 9.53 Å². The molecular weight excluding hydrogens is 335 g/mol. The molecule has 0 aromatic carbocycles. The predicted octanol–water partition coefficient (Wildman–Crippen LogP) is 1.50. The molecule has 0 bridgehead atoms. The van der Waals surface area contributed by atoms with Crippen LogP contribution in [0.15, 0.2) is 12.3 Å². The number of H-pyrrole nitrogens is 1. The van der Waals surface area contributed by atoms with E-state index in [1.807, 2.05) is 0 Å². The van der Waals surface area contributed by atoms with E-state index < -0.39 is 0 Å². The Bertz CT molecular complexity index is 417. The molecule has 0 fully saturated rings. The van der Waals surface area contributed by atoms with E-state index in [1.54, 1.807) is 26.2 Å². The molecule has 17 heavy (non-hydrogen) atoms. The van der Waals surface area contributed by atoms with Crippen LogP contribution in [0.2, 0.25) is 0 Å². The number of nitrogens with zero attached hydrogens (tertiary/aromatic N) is 1. The van der Waals surface area contributed by atoms with Gasteiger partial charge in [-0.15, -0.1) is 0 Å². The van der Waals surface area contributed by atoms with Crippen molar-refractivity contribution in [1.29, 1.82) is 0 Å². The molecule has 6 heteroatoms. The van der Waals surface area contributed by atoms with Gasteiger partial charge in [-0.3, -0.25) is 9.59 Å². The lowest BCUT2D eigenvalue weighted by atomic mass is 10.1. The van der Waals surface area contributed by atoms with Gasteiger partial charge in [0.2, 0.25) is 0 Å². The number of ether oxygens (including phenoxy) is 1. The molecule has 0 radical (unpaired) electrons. The van der Waals surface area contributed by atoms with Crippen LogP contribution in [0.4, 0.5) is 0 Å². The van der Waals surface area contributed by atoms with E-state index in [9.17, 15) is 9.59 Å². The lowest BCUT2D eigenvalue weighted by Gasteiger charge is -2.19. The highest BCUT2D eigenvalue weighted by Gasteiger charge is 2.20. The maximum absolute atomic E-state index is 11.9. The van der Waals surface area contributed by atoms with E-state index in [2.05, 4.69) is 32.3 Å². The summed E-state index contributed by atoms with van der Waals surface area (Å²) in [7, 11) is 3.00. The van der Waals surface area contributed by atoms with E-state index in [-0.39, 0.29) is 17.8 Å². The van der Waals surface area contributed by atoms with Gasteiger partial charge in [0, 0.05) is 23.4 Å². The van der Waals surface area contributed by atoms with Crippen LogP contribution in [0.3, 0.4) is 0 Å². The van der Waals surface area contributed by atoms with Gasteiger partial charge in [-0.1, -0.05) is 6.92 Å². The molecule has 0 saturated carbocycles. The standard InChI is InChI=1S/C11H15IN2O3/c1-7(11(16)17-3)6-14(2)10(15)9-4-8(12)5-13-9/h4-5,7,13H,6H2,1-3H3/t7-/m1/s1. The van der Waals surface area contributed by atoms with Crippen molar-refractivity contribution >= 4 is 34.5 Å². The molecule has 0 unspecified atom stereocenters. The number of esters is 1. The zero-order valence-corrected chi connectivity index (χ0v) is 12.1.